The van der Waals surface area contributed by atoms with E-state index in [1.54, 1.807) is 0 Å². The van der Waals surface area contributed by atoms with Crippen molar-refractivity contribution < 1.29 is 17.9 Å². The molecular weight excluding hydrogens is 243 g/mol. The monoisotopic (exact) mass is 261 g/mol. The lowest BCUT2D eigenvalue weighted by Crippen LogP contribution is -2.31. The van der Waals surface area contributed by atoms with Crippen molar-refractivity contribution in [3.63, 3.8) is 0 Å². The zero-order valence-electron chi connectivity index (χ0n) is 10.7. The second kappa shape index (κ2) is 5.71. The minimum absolute atomic E-state index is 0.149. The zero-order chi connectivity index (χ0) is 13.9. The molecule has 0 heterocycles. The summed E-state index contributed by atoms with van der Waals surface area (Å²) >= 11 is 0. The quantitative estimate of drug-likeness (QED) is 0.902. The Bertz CT molecular complexity index is 383. The molecule has 18 heavy (non-hydrogen) atoms. The van der Waals surface area contributed by atoms with Crippen LogP contribution in [0, 0.1) is 13.8 Å². The Kier molecular flexibility index (Phi) is 4.76. The molecule has 5 heteroatoms. The standard InChI is InChI=1S/C13H18F3NO/c1-8-4-9(2)6-11(5-8)12(17)7-18-10(3)13(14,15)16/h4-6,10,12H,7,17H2,1-3H3. The summed E-state index contributed by atoms with van der Waals surface area (Å²) < 4.78 is 41.5. The first-order valence-electron chi connectivity index (χ1n) is 5.72. The van der Waals surface area contributed by atoms with E-state index in [1.165, 1.54) is 0 Å². The summed E-state index contributed by atoms with van der Waals surface area (Å²) in [6.07, 6.45) is -6.14. The summed E-state index contributed by atoms with van der Waals surface area (Å²) in [7, 11) is 0. The molecule has 0 aliphatic carbocycles. The fourth-order valence-corrected chi connectivity index (χ4v) is 1.66. The van der Waals surface area contributed by atoms with Gasteiger partial charge in [0.1, 0.15) is 0 Å². The topological polar surface area (TPSA) is 35.2 Å². The Morgan fingerprint density at radius 3 is 2.11 bits per heavy atom. The first kappa shape index (κ1) is 15.0. The van der Waals surface area contributed by atoms with Crippen molar-refractivity contribution in [1.29, 1.82) is 0 Å². The van der Waals surface area contributed by atoms with Crippen LogP contribution in [0.15, 0.2) is 18.2 Å². The minimum atomic E-state index is -4.34. The highest BCUT2D eigenvalue weighted by atomic mass is 19.4. The molecule has 102 valence electrons. The Morgan fingerprint density at radius 1 is 1.17 bits per heavy atom. The van der Waals surface area contributed by atoms with E-state index < -0.39 is 18.3 Å². The molecular formula is C13H18F3NO. The van der Waals surface area contributed by atoms with Crippen LogP contribution in [0.4, 0.5) is 13.2 Å². The van der Waals surface area contributed by atoms with Crippen LogP contribution in [0.2, 0.25) is 0 Å². The number of hydrogen-bond donors (Lipinski definition) is 1. The van der Waals surface area contributed by atoms with Gasteiger partial charge in [0, 0.05) is 0 Å². The maximum atomic E-state index is 12.3. The summed E-state index contributed by atoms with van der Waals surface area (Å²) in [5.41, 5.74) is 8.69. The van der Waals surface area contributed by atoms with Crippen LogP contribution in [-0.2, 0) is 4.74 Å². The molecule has 0 bridgehead atoms. The van der Waals surface area contributed by atoms with Gasteiger partial charge in [0.05, 0.1) is 12.6 Å². The molecule has 0 aliphatic rings. The van der Waals surface area contributed by atoms with E-state index in [4.69, 9.17) is 10.5 Å². The molecule has 0 fully saturated rings. The van der Waals surface area contributed by atoms with E-state index in [0.29, 0.717) is 0 Å². The van der Waals surface area contributed by atoms with Gasteiger partial charge in [-0.05, 0) is 26.3 Å². The van der Waals surface area contributed by atoms with E-state index >= 15 is 0 Å². The van der Waals surface area contributed by atoms with Crippen LogP contribution in [0.5, 0.6) is 0 Å². The molecule has 2 nitrogen and oxygen atoms in total. The summed E-state index contributed by atoms with van der Waals surface area (Å²) in [6, 6.07) is 5.15. The van der Waals surface area contributed by atoms with Crippen LogP contribution in [-0.4, -0.2) is 18.9 Å². The second-order valence-electron chi connectivity index (χ2n) is 4.54. The predicted octanol–water partition coefficient (Wildman–Crippen LogP) is 3.27. The van der Waals surface area contributed by atoms with Gasteiger partial charge in [-0.2, -0.15) is 13.2 Å². The van der Waals surface area contributed by atoms with E-state index in [2.05, 4.69) is 0 Å². The molecule has 2 N–H and O–H groups in total. The largest absolute Gasteiger partial charge is 0.414 e. The third-order valence-corrected chi connectivity index (χ3v) is 2.66. The normalized spacial score (nSPS) is 15.5. The van der Waals surface area contributed by atoms with E-state index in [9.17, 15) is 13.2 Å². The molecule has 0 spiro atoms. The van der Waals surface area contributed by atoms with Gasteiger partial charge >= 0.3 is 6.18 Å². The highest BCUT2D eigenvalue weighted by molar-refractivity contribution is 5.30. The summed E-state index contributed by atoms with van der Waals surface area (Å²) in [5.74, 6) is 0. The third-order valence-electron chi connectivity index (χ3n) is 2.66. The molecule has 0 aromatic heterocycles. The number of benzene rings is 1. The van der Waals surface area contributed by atoms with Crippen molar-refractivity contribution in [3.05, 3.63) is 34.9 Å². The average Bonchev–Trinajstić information content (AvgIpc) is 2.22. The first-order valence-corrected chi connectivity index (χ1v) is 5.72. The number of aryl methyl sites for hydroxylation is 2. The van der Waals surface area contributed by atoms with Gasteiger partial charge in [0.2, 0.25) is 0 Å². The van der Waals surface area contributed by atoms with E-state index in [-0.39, 0.29) is 6.61 Å². The lowest BCUT2D eigenvalue weighted by atomic mass is 10.0. The van der Waals surface area contributed by atoms with Gasteiger partial charge in [-0.1, -0.05) is 29.3 Å². The summed E-state index contributed by atoms with van der Waals surface area (Å²) in [4.78, 5) is 0. The van der Waals surface area contributed by atoms with Crippen molar-refractivity contribution in [2.75, 3.05) is 6.61 Å². The van der Waals surface area contributed by atoms with E-state index in [1.807, 2.05) is 32.0 Å². The minimum Gasteiger partial charge on any atom is -0.367 e. The van der Waals surface area contributed by atoms with Crippen molar-refractivity contribution in [1.82, 2.24) is 0 Å². The van der Waals surface area contributed by atoms with Crippen molar-refractivity contribution in [2.24, 2.45) is 5.73 Å². The number of halogens is 3. The molecule has 0 amide bonds. The van der Waals surface area contributed by atoms with E-state index in [0.717, 1.165) is 23.6 Å². The van der Waals surface area contributed by atoms with Crippen LogP contribution in [0.25, 0.3) is 0 Å². The maximum absolute atomic E-state index is 12.3. The molecule has 2 unspecified atom stereocenters. The number of ether oxygens (including phenoxy) is 1. The van der Waals surface area contributed by atoms with Gasteiger partial charge in [-0.15, -0.1) is 0 Å². The predicted molar refractivity (Wildman–Crippen MR) is 64.3 cm³/mol. The Balaban J connectivity index is 2.63. The van der Waals surface area contributed by atoms with Gasteiger partial charge in [0.25, 0.3) is 0 Å². The molecule has 0 saturated carbocycles. The smallest absolute Gasteiger partial charge is 0.367 e. The summed E-state index contributed by atoms with van der Waals surface area (Å²) in [5, 5.41) is 0. The second-order valence-corrected chi connectivity index (χ2v) is 4.54. The Morgan fingerprint density at radius 2 is 1.67 bits per heavy atom. The Labute approximate surface area is 105 Å². The molecule has 1 rings (SSSR count). The molecule has 0 saturated heterocycles. The lowest BCUT2D eigenvalue weighted by molar-refractivity contribution is -0.215. The van der Waals surface area contributed by atoms with Gasteiger partial charge < -0.3 is 10.5 Å². The van der Waals surface area contributed by atoms with Gasteiger partial charge in [-0.3, -0.25) is 0 Å². The first-order chi connectivity index (χ1) is 8.20. The molecule has 0 radical (unpaired) electrons. The fourth-order valence-electron chi connectivity index (χ4n) is 1.66. The van der Waals surface area contributed by atoms with Gasteiger partial charge in [-0.25, -0.2) is 0 Å². The van der Waals surface area contributed by atoms with Crippen LogP contribution < -0.4 is 5.73 Å². The number of alkyl halides is 3. The average molecular weight is 261 g/mol. The highest BCUT2D eigenvalue weighted by Gasteiger charge is 2.37. The fraction of sp³-hybridized carbons (Fsp3) is 0.538. The molecule has 1 aromatic carbocycles. The van der Waals surface area contributed by atoms with Crippen molar-refractivity contribution >= 4 is 0 Å². The highest BCUT2D eigenvalue weighted by Crippen LogP contribution is 2.24. The zero-order valence-corrected chi connectivity index (χ0v) is 10.7. The van der Waals surface area contributed by atoms with Crippen LogP contribution in [0.1, 0.15) is 29.7 Å². The number of nitrogens with two attached hydrogens (primary N) is 1. The molecule has 1 aromatic rings. The SMILES string of the molecule is Cc1cc(C)cc(C(N)COC(C)C(F)(F)F)c1. The van der Waals surface area contributed by atoms with Crippen LogP contribution in [0.3, 0.4) is 0 Å². The lowest BCUT2D eigenvalue weighted by Gasteiger charge is -2.20. The molecule has 2 atom stereocenters. The Hall–Kier alpha value is -1.07. The number of rotatable bonds is 4. The molecule has 0 aliphatic heterocycles. The van der Waals surface area contributed by atoms with Crippen LogP contribution >= 0.6 is 0 Å². The van der Waals surface area contributed by atoms with Crippen molar-refractivity contribution in [2.45, 2.75) is 39.1 Å². The third kappa shape index (κ3) is 4.31. The summed E-state index contributed by atoms with van der Waals surface area (Å²) in [6.45, 7) is 4.67. The van der Waals surface area contributed by atoms with Gasteiger partial charge in [0.15, 0.2) is 6.10 Å². The number of hydrogen-bond acceptors (Lipinski definition) is 2. The maximum Gasteiger partial charge on any atom is 0.414 e. The van der Waals surface area contributed by atoms with Crippen molar-refractivity contribution in [3.8, 4) is 0 Å².